The molecule has 7 heteroatoms. The van der Waals surface area contributed by atoms with Crippen molar-refractivity contribution in [2.24, 2.45) is 0 Å². The maximum atomic E-state index is 13.2. The second-order valence-corrected chi connectivity index (χ2v) is 7.37. The molecule has 6 nitrogen and oxygen atoms in total. The van der Waals surface area contributed by atoms with Crippen molar-refractivity contribution in [1.82, 2.24) is 0 Å². The fourth-order valence-corrected chi connectivity index (χ4v) is 4.08. The van der Waals surface area contributed by atoms with Gasteiger partial charge in [0.1, 0.15) is 12.3 Å². The molecule has 0 unspecified atom stereocenters. The van der Waals surface area contributed by atoms with Gasteiger partial charge in [0, 0.05) is 0 Å². The summed E-state index contributed by atoms with van der Waals surface area (Å²) in [5, 5.41) is 0. The predicted octanol–water partition coefficient (Wildman–Crippen LogP) is 2.68. The van der Waals surface area contributed by atoms with Gasteiger partial charge in [0.25, 0.3) is 10.0 Å². The van der Waals surface area contributed by atoms with Crippen LogP contribution in [0.15, 0.2) is 47.4 Å². The summed E-state index contributed by atoms with van der Waals surface area (Å²) >= 11 is 0. The third-order valence-corrected chi connectivity index (χ3v) is 5.60. The average Bonchev–Trinajstić information content (AvgIpc) is 2.60. The van der Waals surface area contributed by atoms with Gasteiger partial charge in [0.15, 0.2) is 0 Å². The standard InChI is InChI=1S/C18H21NO5S/c1-13-6-5-7-14(2)18(13)19(12-17(20)24-4)25(21,22)16-10-8-15(23-3)9-11-16/h5-11H,12H2,1-4H3. The third kappa shape index (κ3) is 3.93. The maximum Gasteiger partial charge on any atom is 0.326 e. The molecule has 25 heavy (non-hydrogen) atoms. The molecule has 0 aromatic heterocycles. The number of methoxy groups -OCH3 is 2. The van der Waals surface area contributed by atoms with E-state index in [1.165, 1.54) is 26.4 Å². The van der Waals surface area contributed by atoms with E-state index in [1.807, 2.05) is 6.07 Å². The van der Waals surface area contributed by atoms with Crippen LogP contribution in [0.1, 0.15) is 11.1 Å². The third-order valence-electron chi connectivity index (χ3n) is 3.84. The zero-order valence-electron chi connectivity index (χ0n) is 14.6. The molecule has 0 saturated heterocycles. The van der Waals surface area contributed by atoms with Gasteiger partial charge in [-0.3, -0.25) is 9.10 Å². The summed E-state index contributed by atoms with van der Waals surface area (Å²) in [6.07, 6.45) is 0. The lowest BCUT2D eigenvalue weighted by molar-refractivity contribution is -0.138. The first-order valence-corrected chi connectivity index (χ1v) is 9.05. The van der Waals surface area contributed by atoms with Crippen LogP contribution in [0.4, 0.5) is 5.69 Å². The number of hydrogen-bond donors (Lipinski definition) is 0. The van der Waals surface area contributed by atoms with Gasteiger partial charge in [0.05, 0.1) is 24.8 Å². The van der Waals surface area contributed by atoms with E-state index in [0.29, 0.717) is 11.4 Å². The smallest absolute Gasteiger partial charge is 0.326 e. The molecule has 2 rings (SSSR count). The number of sulfonamides is 1. The Bertz CT molecular complexity index is 839. The Labute approximate surface area is 148 Å². The fourth-order valence-electron chi connectivity index (χ4n) is 2.54. The van der Waals surface area contributed by atoms with E-state index in [-0.39, 0.29) is 4.90 Å². The first kappa shape index (κ1) is 18.8. The van der Waals surface area contributed by atoms with Gasteiger partial charge in [-0.15, -0.1) is 0 Å². The molecule has 2 aromatic carbocycles. The van der Waals surface area contributed by atoms with Gasteiger partial charge >= 0.3 is 5.97 Å². The van der Waals surface area contributed by atoms with Crippen LogP contribution in [0, 0.1) is 13.8 Å². The molecule has 0 N–H and O–H groups in total. The number of esters is 1. The molecule has 134 valence electrons. The number of aryl methyl sites for hydroxylation is 2. The van der Waals surface area contributed by atoms with Crippen molar-refractivity contribution in [3.63, 3.8) is 0 Å². The Hall–Kier alpha value is -2.54. The molecule has 0 amide bonds. The Balaban J connectivity index is 2.59. The van der Waals surface area contributed by atoms with Crippen LogP contribution in [-0.4, -0.2) is 35.2 Å². The molecular weight excluding hydrogens is 342 g/mol. The first-order chi connectivity index (χ1) is 11.8. The molecular formula is C18H21NO5S. The number of ether oxygens (including phenoxy) is 2. The zero-order valence-corrected chi connectivity index (χ0v) is 15.5. The lowest BCUT2D eigenvalue weighted by Gasteiger charge is -2.26. The number of nitrogens with zero attached hydrogens (tertiary/aromatic N) is 1. The van der Waals surface area contributed by atoms with E-state index < -0.39 is 22.5 Å². The van der Waals surface area contributed by atoms with Gasteiger partial charge in [0.2, 0.25) is 0 Å². The van der Waals surface area contributed by atoms with Gasteiger partial charge in [-0.05, 0) is 49.2 Å². The second kappa shape index (κ2) is 7.57. The van der Waals surface area contributed by atoms with Crippen LogP contribution in [0.2, 0.25) is 0 Å². The molecule has 0 radical (unpaired) electrons. The van der Waals surface area contributed by atoms with E-state index in [9.17, 15) is 13.2 Å². The van der Waals surface area contributed by atoms with Crippen LogP contribution in [0.3, 0.4) is 0 Å². The summed E-state index contributed by atoms with van der Waals surface area (Å²) in [5.74, 6) is -0.0923. The molecule has 0 saturated carbocycles. The highest BCUT2D eigenvalue weighted by Gasteiger charge is 2.29. The van der Waals surface area contributed by atoms with Crippen molar-refractivity contribution in [3.8, 4) is 5.75 Å². The Morgan fingerprint density at radius 1 is 1.00 bits per heavy atom. The van der Waals surface area contributed by atoms with Crippen molar-refractivity contribution >= 4 is 21.7 Å². The Morgan fingerprint density at radius 2 is 1.56 bits per heavy atom. The van der Waals surface area contributed by atoms with Crippen molar-refractivity contribution in [2.75, 3.05) is 25.1 Å². The highest BCUT2D eigenvalue weighted by atomic mass is 32.2. The average molecular weight is 363 g/mol. The maximum absolute atomic E-state index is 13.2. The van der Waals surface area contributed by atoms with E-state index >= 15 is 0 Å². The van der Waals surface area contributed by atoms with Crippen LogP contribution in [0.25, 0.3) is 0 Å². The van der Waals surface area contributed by atoms with E-state index in [1.54, 1.807) is 38.1 Å². The summed E-state index contributed by atoms with van der Waals surface area (Å²) in [7, 11) is -1.22. The van der Waals surface area contributed by atoms with Gasteiger partial charge < -0.3 is 9.47 Å². The summed E-state index contributed by atoms with van der Waals surface area (Å²) in [4.78, 5) is 11.9. The largest absolute Gasteiger partial charge is 0.497 e. The Morgan fingerprint density at radius 3 is 2.04 bits per heavy atom. The zero-order chi connectivity index (χ0) is 18.6. The predicted molar refractivity (Wildman–Crippen MR) is 95.5 cm³/mol. The fraction of sp³-hybridized carbons (Fsp3) is 0.278. The molecule has 2 aromatic rings. The number of carbonyl (C=O) groups excluding carboxylic acids is 1. The van der Waals surface area contributed by atoms with E-state index in [0.717, 1.165) is 15.4 Å². The van der Waals surface area contributed by atoms with Crippen molar-refractivity contribution in [1.29, 1.82) is 0 Å². The Kier molecular flexibility index (Phi) is 5.69. The summed E-state index contributed by atoms with van der Waals surface area (Å²) in [6, 6.07) is 11.5. The minimum absolute atomic E-state index is 0.0693. The molecule has 0 aliphatic rings. The summed E-state index contributed by atoms with van der Waals surface area (Å²) < 4.78 is 37.2. The number of para-hydroxylation sites is 1. The van der Waals surface area contributed by atoms with E-state index in [4.69, 9.17) is 4.74 Å². The monoisotopic (exact) mass is 363 g/mol. The summed E-state index contributed by atoms with van der Waals surface area (Å²) in [5.41, 5.74) is 1.98. The molecule has 0 heterocycles. The van der Waals surface area contributed by atoms with Crippen molar-refractivity contribution in [3.05, 3.63) is 53.6 Å². The molecule has 0 fully saturated rings. The number of hydrogen-bond acceptors (Lipinski definition) is 5. The molecule has 0 bridgehead atoms. The van der Waals surface area contributed by atoms with Crippen molar-refractivity contribution in [2.45, 2.75) is 18.7 Å². The highest BCUT2D eigenvalue weighted by molar-refractivity contribution is 7.92. The number of benzene rings is 2. The molecule has 0 aliphatic carbocycles. The van der Waals surface area contributed by atoms with Gasteiger partial charge in [-0.2, -0.15) is 0 Å². The number of rotatable bonds is 6. The lowest BCUT2D eigenvalue weighted by Crippen LogP contribution is -2.37. The SMILES string of the molecule is COC(=O)CN(c1c(C)cccc1C)S(=O)(=O)c1ccc(OC)cc1. The van der Waals surface area contributed by atoms with Crippen LogP contribution in [0.5, 0.6) is 5.75 Å². The molecule has 0 atom stereocenters. The highest BCUT2D eigenvalue weighted by Crippen LogP contribution is 2.30. The molecule has 0 aliphatic heterocycles. The second-order valence-electron chi connectivity index (χ2n) is 5.50. The normalized spacial score (nSPS) is 11.0. The van der Waals surface area contributed by atoms with Gasteiger partial charge in [-0.25, -0.2) is 8.42 Å². The quantitative estimate of drug-likeness (QED) is 0.738. The van der Waals surface area contributed by atoms with E-state index in [2.05, 4.69) is 4.74 Å². The number of anilines is 1. The number of carbonyl (C=O) groups is 1. The first-order valence-electron chi connectivity index (χ1n) is 7.61. The van der Waals surface area contributed by atoms with Crippen LogP contribution in [-0.2, 0) is 19.6 Å². The van der Waals surface area contributed by atoms with Gasteiger partial charge in [-0.1, -0.05) is 18.2 Å². The van der Waals surface area contributed by atoms with Crippen LogP contribution >= 0.6 is 0 Å². The topological polar surface area (TPSA) is 72.9 Å². The minimum atomic E-state index is -3.95. The summed E-state index contributed by atoms with van der Waals surface area (Å²) in [6.45, 7) is 3.20. The minimum Gasteiger partial charge on any atom is -0.497 e. The van der Waals surface area contributed by atoms with Crippen LogP contribution < -0.4 is 9.04 Å². The molecule has 0 spiro atoms. The van der Waals surface area contributed by atoms with Crippen molar-refractivity contribution < 1.29 is 22.7 Å². The lowest BCUT2D eigenvalue weighted by atomic mass is 10.1.